The Labute approximate surface area is 180 Å². The minimum absolute atomic E-state index is 0.337. The first-order chi connectivity index (χ1) is 13.3. The fraction of sp³-hybridized carbons (Fsp3) is 0.444. The molecular weight excluding hydrogens is 436 g/mol. The molecule has 2 heterocycles. The highest BCUT2D eigenvalue weighted by molar-refractivity contribution is 8.02. The van der Waals surface area contributed by atoms with Crippen LogP contribution in [0.5, 0.6) is 0 Å². The number of nitrogens with zero attached hydrogens (tertiary/aromatic N) is 3. The average Bonchev–Trinajstić information content (AvgIpc) is 3.16. The molecule has 0 spiro atoms. The third-order valence-corrected chi connectivity index (χ3v) is 9.30. The van der Waals surface area contributed by atoms with Crippen LogP contribution in [0.2, 0.25) is 5.02 Å². The first-order valence-corrected chi connectivity index (χ1v) is 12.5. The number of nitrogens with one attached hydrogen (secondary N) is 1. The molecule has 28 heavy (non-hydrogen) atoms. The molecule has 0 unspecified atom stereocenters. The number of piperazine rings is 1. The van der Waals surface area contributed by atoms with Crippen molar-refractivity contribution < 1.29 is 8.42 Å². The van der Waals surface area contributed by atoms with Crippen LogP contribution in [0, 0.1) is 0 Å². The number of hydrogen-bond acceptors (Lipinski definition) is 7. The van der Waals surface area contributed by atoms with Crippen molar-refractivity contribution in [3.05, 3.63) is 35.4 Å². The Balaban J connectivity index is 1.74. The summed E-state index contributed by atoms with van der Waals surface area (Å²) in [6.45, 7) is 7.15. The molecule has 0 aliphatic carbocycles. The molecule has 0 radical (unpaired) electrons. The van der Waals surface area contributed by atoms with Gasteiger partial charge in [-0.15, -0.1) is 11.3 Å². The van der Waals surface area contributed by atoms with Gasteiger partial charge in [0.2, 0.25) is 0 Å². The molecule has 1 aromatic carbocycles. The second kappa shape index (κ2) is 9.23. The number of anilines is 2. The molecule has 154 valence electrons. The third-order valence-electron chi connectivity index (χ3n) is 4.68. The summed E-state index contributed by atoms with van der Waals surface area (Å²) in [4.78, 5) is 4.74. The van der Waals surface area contributed by atoms with E-state index in [4.69, 9.17) is 11.6 Å². The molecule has 1 aromatic heterocycles. The molecule has 2 aromatic rings. The SMILES string of the molecule is CCN1CCN(c2c(Cl)cccc2NSc2ccc(S(=O)(=O)N(C)C)s2)CC1. The summed E-state index contributed by atoms with van der Waals surface area (Å²) in [6.07, 6.45) is 0. The maximum Gasteiger partial charge on any atom is 0.252 e. The fourth-order valence-corrected chi connectivity index (χ4v) is 6.72. The summed E-state index contributed by atoms with van der Waals surface area (Å²) in [5.41, 5.74) is 1.94. The number of para-hydroxylation sites is 1. The number of hydrogen-bond donors (Lipinski definition) is 1. The van der Waals surface area contributed by atoms with Gasteiger partial charge in [-0.2, -0.15) is 0 Å². The van der Waals surface area contributed by atoms with Gasteiger partial charge in [0.15, 0.2) is 0 Å². The van der Waals surface area contributed by atoms with Crippen LogP contribution in [-0.4, -0.2) is 64.4 Å². The molecule has 3 rings (SSSR count). The van der Waals surface area contributed by atoms with Crippen LogP contribution in [0.3, 0.4) is 0 Å². The van der Waals surface area contributed by atoms with Crippen LogP contribution in [0.15, 0.2) is 38.8 Å². The Morgan fingerprint density at radius 1 is 1.18 bits per heavy atom. The molecule has 1 N–H and O–H groups in total. The smallest absolute Gasteiger partial charge is 0.252 e. The van der Waals surface area contributed by atoms with Crippen molar-refractivity contribution in [2.45, 2.75) is 15.3 Å². The normalized spacial score (nSPS) is 16.0. The number of benzene rings is 1. The highest BCUT2D eigenvalue weighted by Gasteiger charge is 2.22. The third kappa shape index (κ3) is 4.77. The van der Waals surface area contributed by atoms with Crippen molar-refractivity contribution in [1.29, 1.82) is 0 Å². The summed E-state index contributed by atoms with van der Waals surface area (Å²) in [6, 6.07) is 9.31. The maximum atomic E-state index is 12.3. The van der Waals surface area contributed by atoms with Crippen LogP contribution in [-0.2, 0) is 10.0 Å². The zero-order valence-corrected chi connectivity index (χ0v) is 19.4. The molecule has 1 aliphatic rings. The lowest BCUT2D eigenvalue weighted by Gasteiger charge is -2.36. The molecule has 0 bridgehead atoms. The molecule has 0 atom stereocenters. The zero-order chi connectivity index (χ0) is 20.3. The van der Waals surface area contributed by atoms with Crippen LogP contribution < -0.4 is 9.62 Å². The van der Waals surface area contributed by atoms with Crippen molar-refractivity contribution in [3.63, 3.8) is 0 Å². The van der Waals surface area contributed by atoms with Gasteiger partial charge < -0.3 is 14.5 Å². The molecule has 0 saturated carbocycles. The Morgan fingerprint density at radius 2 is 1.89 bits per heavy atom. The van der Waals surface area contributed by atoms with Gasteiger partial charge in [-0.1, -0.05) is 24.6 Å². The summed E-state index contributed by atoms with van der Waals surface area (Å²) < 4.78 is 30.3. The lowest BCUT2D eigenvalue weighted by Crippen LogP contribution is -2.46. The van der Waals surface area contributed by atoms with Crippen LogP contribution in [0.1, 0.15) is 6.92 Å². The first-order valence-electron chi connectivity index (χ1n) is 9.04. The van der Waals surface area contributed by atoms with Gasteiger partial charge >= 0.3 is 0 Å². The number of rotatable bonds is 7. The first kappa shape index (κ1) is 21.7. The van der Waals surface area contributed by atoms with Crippen molar-refractivity contribution >= 4 is 56.3 Å². The van der Waals surface area contributed by atoms with Crippen molar-refractivity contribution in [3.8, 4) is 0 Å². The highest BCUT2D eigenvalue weighted by atomic mass is 35.5. The summed E-state index contributed by atoms with van der Waals surface area (Å²) in [5.74, 6) is 0. The van der Waals surface area contributed by atoms with E-state index in [-0.39, 0.29) is 0 Å². The fourth-order valence-electron chi connectivity index (χ4n) is 2.99. The molecular formula is C18H25ClN4O2S3. The zero-order valence-electron chi connectivity index (χ0n) is 16.2. The van der Waals surface area contributed by atoms with E-state index >= 15 is 0 Å². The van der Waals surface area contributed by atoms with E-state index in [0.29, 0.717) is 4.21 Å². The van der Waals surface area contributed by atoms with Crippen molar-refractivity contribution in [2.75, 3.05) is 56.4 Å². The minimum atomic E-state index is -3.40. The minimum Gasteiger partial charge on any atom is -0.366 e. The Hall–Kier alpha value is -0.970. The monoisotopic (exact) mass is 460 g/mol. The predicted octanol–water partition coefficient (Wildman–Crippen LogP) is 3.91. The van der Waals surface area contributed by atoms with Gasteiger partial charge in [0.1, 0.15) is 4.21 Å². The van der Waals surface area contributed by atoms with Gasteiger partial charge in [0.25, 0.3) is 10.0 Å². The lowest BCUT2D eigenvalue weighted by atomic mass is 10.2. The Morgan fingerprint density at radius 3 is 2.54 bits per heavy atom. The Bertz CT molecular complexity index is 909. The van der Waals surface area contributed by atoms with Crippen molar-refractivity contribution in [1.82, 2.24) is 9.21 Å². The topological polar surface area (TPSA) is 55.9 Å². The Kier molecular flexibility index (Phi) is 7.17. The van der Waals surface area contributed by atoms with Gasteiger partial charge in [0.05, 0.1) is 20.6 Å². The molecule has 0 amide bonds. The van der Waals surface area contributed by atoms with E-state index in [1.165, 1.54) is 41.7 Å². The number of thiophene rings is 1. The highest BCUT2D eigenvalue weighted by Crippen LogP contribution is 2.38. The van der Waals surface area contributed by atoms with Gasteiger partial charge in [-0.3, -0.25) is 0 Å². The summed E-state index contributed by atoms with van der Waals surface area (Å²) in [7, 11) is -0.325. The second-order valence-corrected chi connectivity index (χ2v) is 11.6. The second-order valence-electron chi connectivity index (χ2n) is 6.62. The molecule has 1 saturated heterocycles. The standard InChI is InChI=1S/C18H25ClN4O2S3/c1-4-22-10-12-23(13-11-22)18-14(19)6-5-7-15(18)20-27-16-8-9-17(26-16)28(24,25)21(2)3/h5-9,20H,4,10-13H2,1-3H3. The van der Waals surface area contributed by atoms with Crippen molar-refractivity contribution in [2.24, 2.45) is 0 Å². The quantitative estimate of drug-likeness (QED) is 0.632. The lowest BCUT2D eigenvalue weighted by molar-refractivity contribution is 0.271. The predicted molar refractivity (Wildman–Crippen MR) is 120 cm³/mol. The van der Waals surface area contributed by atoms with E-state index in [9.17, 15) is 8.42 Å². The number of halogens is 1. The van der Waals surface area contributed by atoms with Crippen LogP contribution >= 0.6 is 34.9 Å². The van der Waals surface area contributed by atoms with Gasteiger partial charge in [-0.05, 0) is 42.8 Å². The average molecular weight is 461 g/mol. The maximum absolute atomic E-state index is 12.3. The van der Waals surface area contributed by atoms with Gasteiger partial charge in [-0.25, -0.2) is 12.7 Å². The molecule has 10 heteroatoms. The number of sulfonamides is 1. The number of likely N-dealkylation sites (N-methyl/N-ethyl adjacent to an activating group) is 1. The largest absolute Gasteiger partial charge is 0.366 e. The summed E-state index contributed by atoms with van der Waals surface area (Å²) in [5, 5.41) is 0.720. The molecule has 1 fully saturated rings. The van der Waals surface area contributed by atoms with E-state index in [0.717, 1.165) is 53.3 Å². The van der Waals surface area contributed by atoms with E-state index in [2.05, 4.69) is 21.4 Å². The van der Waals surface area contributed by atoms with Crippen LogP contribution in [0.4, 0.5) is 11.4 Å². The van der Waals surface area contributed by atoms with E-state index < -0.39 is 10.0 Å². The van der Waals surface area contributed by atoms with Crippen LogP contribution in [0.25, 0.3) is 0 Å². The summed E-state index contributed by atoms with van der Waals surface area (Å²) >= 11 is 9.18. The molecule has 6 nitrogen and oxygen atoms in total. The molecule has 1 aliphatic heterocycles. The van der Waals surface area contributed by atoms with Gasteiger partial charge in [0, 0.05) is 40.3 Å². The van der Waals surface area contributed by atoms with E-state index in [1.807, 2.05) is 24.3 Å². The van der Waals surface area contributed by atoms with E-state index in [1.54, 1.807) is 6.07 Å².